The zero-order valence-electron chi connectivity index (χ0n) is 19.7. The zero-order chi connectivity index (χ0) is 24.6. The Morgan fingerprint density at radius 3 is 1.76 bits per heavy atom. The maximum atomic E-state index is 12.4. The van der Waals surface area contributed by atoms with Crippen molar-refractivity contribution in [1.82, 2.24) is 5.32 Å². The van der Waals surface area contributed by atoms with Crippen molar-refractivity contribution in [1.29, 1.82) is 0 Å². The van der Waals surface area contributed by atoms with Crippen molar-refractivity contribution in [3.63, 3.8) is 0 Å². The molecule has 0 aliphatic rings. The minimum absolute atomic E-state index is 0.0734. The van der Waals surface area contributed by atoms with E-state index >= 15 is 0 Å². The highest BCUT2D eigenvalue weighted by Crippen LogP contribution is 2.36. The van der Waals surface area contributed by atoms with Crippen LogP contribution in [-0.2, 0) is 20.6 Å². The largest absolute Gasteiger partial charge is 0.445 e. The molecule has 178 valence electrons. The third kappa shape index (κ3) is 6.14. The fourth-order valence-electron chi connectivity index (χ4n) is 4.04. The number of ether oxygens (including phenoxy) is 1. The average molecular weight is 496 g/mol. The van der Waals surface area contributed by atoms with Crippen molar-refractivity contribution in [2.75, 3.05) is 6.61 Å². The molecule has 0 saturated heterocycles. The summed E-state index contributed by atoms with van der Waals surface area (Å²) < 4.78 is 12.0. The van der Waals surface area contributed by atoms with Crippen molar-refractivity contribution in [2.24, 2.45) is 0 Å². The zero-order valence-corrected chi connectivity index (χ0v) is 21.4. The van der Waals surface area contributed by atoms with E-state index in [0.29, 0.717) is 0 Å². The third-order valence-corrected chi connectivity index (χ3v) is 10.9. The second-order valence-corrected chi connectivity index (χ2v) is 13.7. The molecule has 0 fully saturated rings. The standard InChI is InChI=1S/C27H30ClNO4Si/c1-27(2,3)34(22-15-9-5-10-16-22,23-17-11-6-12-18-23)33-20-24(25(28)30)29-26(31)32-19-21-13-7-4-8-14-21/h4-18,24H,19-20H2,1-3H3,(H,29,31). The first-order valence-electron chi connectivity index (χ1n) is 11.2. The lowest BCUT2D eigenvalue weighted by molar-refractivity contribution is -0.114. The van der Waals surface area contributed by atoms with Gasteiger partial charge in [0.1, 0.15) is 12.6 Å². The number of nitrogens with one attached hydrogen (secondary N) is 1. The number of halogens is 1. The Hall–Kier alpha value is -2.93. The first-order chi connectivity index (χ1) is 16.2. The molecular formula is C27H30ClNO4Si. The topological polar surface area (TPSA) is 64.6 Å². The van der Waals surface area contributed by atoms with Crippen molar-refractivity contribution in [3.8, 4) is 0 Å². The lowest BCUT2D eigenvalue weighted by Gasteiger charge is -2.43. The maximum Gasteiger partial charge on any atom is 0.408 e. The monoisotopic (exact) mass is 495 g/mol. The lowest BCUT2D eigenvalue weighted by atomic mass is 10.2. The summed E-state index contributed by atoms with van der Waals surface area (Å²) in [6, 6.07) is 28.4. The van der Waals surface area contributed by atoms with Gasteiger partial charge in [0.25, 0.3) is 8.32 Å². The summed E-state index contributed by atoms with van der Waals surface area (Å²) in [6.45, 7) is 6.43. The molecule has 0 radical (unpaired) electrons. The van der Waals surface area contributed by atoms with Crippen LogP contribution in [0.1, 0.15) is 26.3 Å². The normalized spacial score (nSPS) is 12.6. The second kappa shape index (κ2) is 11.5. The number of amides is 1. The summed E-state index contributed by atoms with van der Waals surface area (Å²) in [4.78, 5) is 24.6. The van der Waals surface area contributed by atoms with E-state index in [2.05, 4.69) is 50.4 Å². The third-order valence-electron chi connectivity index (χ3n) is 5.66. The number of hydrogen-bond acceptors (Lipinski definition) is 4. The van der Waals surface area contributed by atoms with Gasteiger partial charge in [0.2, 0.25) is 5.24 Å². The Bertz CT molecular complexity index is 1030. The van der Waals surface area contributed by atoms with Crippen LogP contribution in [-0.4, -0.2) is 32.3 Å². The smallest absolute Gasteiger partial charge is 0.408 e. The van der Waals surface area contributed by atoms with Gasteiger partial charge in [0, 0.05) is 0 Å². The predicted octanol–water partition coefficient (Wildman–Crippen LogP) is 4.62. The average Bonchev–Trinajstić information content (AvgIpc) is 2.83. The van der Waals surface area contributed by atoms with E-state index in [1.807, 2.05) is 66.7 Å². The van der Waals surface area contributed by atoms with Crippen molar-refractivity contribution in [3.05, 3.63) is 96.6 Å². The fourth-order valence-corrected chi connectivity index (χ4v) is 8.73. The molecule has 7 heteroatoms. The molecule has 1 amide bonds. The van der Waals surface area contributed by atoms with E-state index in [0.717, 1.165) is 15.9 Å². The number of rotatable bonds is 9. The minimum atomic E-state index is -2.88. The lowest BCUT2D eigenvalue weighted by Crippen LogP contribution is -2.67. The van der Waals surface area contributed by atoms with E-state index in [9.17, 15) is 9.59 Å². The first kappa shape index (κ1) is 25.7. The van der Waals surface area contributed by atoms with Crippen LogP contribution in [0.5, 0.6) is 0 Å². The Balaban J connectivity index is 1.83. The molecule has 1 N–H and O–H groups in total. The summed E-state index contributed by atoms with van der Waals surface area (Å²) in [7, 11) is -2.88. The van der Waals surface area contributed by atoms with Gasteiger partial charge in [-0.2, -0.15) is 0 Å². The molecule has 0 heterocycles. The highest BCUT2D eigenvalue weighted by molar-refractivity contribution is 6.99. The molecule has 0 bridgehead atoms. The van der Waals surface area contributed by atoms with E-state index in [1.165, 1.54) is 0 Å². The number of carbonyl (C=O) groups is 2. The Morgan fingerprint density at radius 1 is 0.853 bits per heavy atom. The highest BCUT2D eigenvalue weighted by Gasteiger charge is 2.50. The molecule has 3 rings (SSSR count). The number of hydrogen-bond donors (Lipinski definition) is 1. The van der Waals surface area contributed by atoms with Crippen LogP contribution in [0.4, 0.5) is 4.79 Å². The Morgan fingerprint density at radius 2 is 1.32 bits per heavy atom. The van der Waals surface area contributed by atoms with Gasteiger partial charge in [-0.1, -0.05) is 112 Å². The van der Waals surface area contributed by atoms with E-state index in [4.69, 9.17) is 20.8 Å². The van der Waals surface area contributed by atoms with E-state index < -0.39 is 25.7 Å². The van der Waals surface area contributed by atoms with Crippen LogP contribution in [0.3, 0.4) is 0 Å². The van der Waals surface area contributed by atoms with Crippen molar-refractivity contribution >= 4 is 41.6 Å². The van der Waals surface area contributed by atoms with E-state index in [1.54, 1.807) is 0 Å². The number of carbonyl (C=O) groups excluding carboxylic acids is 2. The second-order valence-electron chi connectivity index (χ2n) is 9.04. The van der Waals surface area contributed by atoms with Gasteiger partial charge in [0.15, 0.2) is 0 Å². The van der Waals surface area contributed by atoms with Crippen LogP contribution >= 0.6 is 11.6 Å². The molecule has 0 aliphatic carbocycles. The molecule has 1 atom stereocenters. The van der Waals surface area contributed by atoms with Gasteiger partial charge in [-0.25, -0.2) is 4.79 Å². The molecule has 5 nitrogen and oxygen atoms in total. The van der Waals surface area contributed by atoms with E-state index in [-0.39, 0.29) is 18.3 Å². The van der Waals surface area contributed by atoms with Gasteiger partial charge >= 0.3 is 6.09 Å². The first-order valence-corrected chi connectivity index (χ1v) is 13.4. The van der Waals surface area contributed by atoms with Gasteiger partial charge in [0.05, 0.1) is 6.61 Å². The summed E-state index contributed by atoms with van der Waals surface area (Å²) in [5.41, 5.74) is 0.843. The van der Waals surface area contributed by atoms with Gasteiger partial charge in [-0.3, -0.25) is 4.79 Å². The summed E-state index contributed by atoms with van der Waals surface area (Å²) in [5, 5.41) is 3.72. The SMILES string of the molecule is CC(C)(C)[Si](OCC(NC(=O)OCc1ccccc1)C(=O)Cl)(c1ccccc1)c1ccccc1. The van der Waals surface area contributed by atoms with Crippen LogP contribution in [0.25, 0.3) is 0 Å². The number of benzene rings is 3. The molecule has 3 aromatic carbocycles. The molecule has 0 aromatic heterocycles. The summed E-state index contributed by atoms with van der Waals surface area (Å²) >= 11 is 5.87. The Kier molecular flexibility index (Phi) is 8.66. The molecule has 0 aliphatic heterocycles. The van der Waals surface area contributed by atoms with Gasteiger partial charge in [-0.05, 0) is 32.6 Å². The minimum Gasteiger partial charge on any atom is -0.445 e. The Labute approximate surface area is 207 Å². The molecule has 0 saturated carbocycles. The fraction of sp³-hybridized carbons (Fsp3) is 0.259. The molecule has 3 aromatic rings. The van der Waals surface area contributed by atoms with Crippen LogP contribution in [0, 0.1) is 0 Å². The van der Waals surface area contributed by atoms with Crippen molar-refractivity contribution in [2.45, 2.75) is 38.5 Å². The molecule has 34 heavy (non-hydrogen) atoms. The van der Waals surface area contributed by atoms with Gasteiger partial charge in [-0.15, -0.1) is 0 Å². The van der Waals surface area contributed by atoms with Crippen molar-refractivity contribution < 1.29 is 18.8 Å². The maximum absolute atomic E-state index is 12.4. The quantitative estimate of drug-likeness (QED) is 0.347. The molecule has 0 spiro atoms. The molecule has 1 unspecified atom stereocenters. The van der Waals surface area contributed by atoms with Crippen LogP contribution < -0.4 is 15.7 Å². The molecular weight excluding hydrogens is 466 g/mol. The van der Waals surface area contributed by atoms with Crippen LogP contribution in [0.15, 0.2) is 91.0 Å². The summed E-state index contributed by atoms with van der Waals surface area (Å²) in [5.74, 6) is 0. The predicted molar refractivity (Wildman–Crippen MR) is 138 cm³/mol. The highest BCUT2D eigenvalue weighted by atomic mass is 35.5. The number of alkyl carbamates (subject to hydrolysis) is 1. The van der Waals surface area contributed by atoms with Crippen LogP contribution in [0.2, 0.25) is 5.04 Å². The summed E-state index contributed by atoms with van der Waals surface area (Å²) in [6.07, 6.45) is -0.728. The van der Waals surface area contributed by atoms with Gasteiger partial charge < -0.3 is 14.5 Å².